The van der Waals surface area contributed by atoms with E-state index in [2.05, 4.69) is 27.3 Å². The first-order valence-corrected chi connectivity index (χ1v) is 7.19. The number of hydrogen-bond acceptors (Lipinski definition) is 2. The average Bonchev–Trinajstić information content (AvgIpc) is 2.40. The van der Waals surface area contributed by atoms with Crippen LogP contribution in [0.5, 0.6) is 5.75 Å². The maximum atomic E-state index is 12.0. The Hall–Kier alpha value is -1.28. The van der Waals surface area contributed by atoms with Gasteiger partial charge in [0.2, 0.25) is 0 Å². The Bertz CT molecular complexity index is 579. The van der Waals surface area contributed by atoms with Gasteiger partial charge in [0, 0.05) is 9.99 Å². The summed E-state index contributed by atoms with van der Waals surface area (Å²) in [6, 6.07) is 12.9. The molecule has 1 unspecified atom stereocenters. The number of halogens is 4. The molecule has 0 aliphatic rings. The number of aliphatic hydroxyl groups is 1. The van der Waals surface area contributed by atoms with Crippen molar-refractivity contribution in [3.05, 3.63) is 63.2 Å². The van der Waals surface area contributed by atoms with Crippen LogP contribution < -0.4 is 4.74 Å². The second kappa shape index (κ2) is 6.65. The molecule has 6 heteroatoms. The molecule has 0 radical (unpaired) electrons. The fraction of sp³-hybridized carbons (Fsp3) is 0.200. The molecule has 0 heterocycles. The number of hydrogen-bond donors (Lipinski definition) is 1. The zero-order valence-corrected chi connectivity index (χ0v) is 12.9. The van der Waals surface area contributed by atoms with Gasteiger partial charge in [0.05, 0.1) is 6.10 Å². The fourth-order valence-corrected chi connectivity index (χ4v) is 2.21. The topological polar surface area (TPSA) is 29.5 Å². The third-order valence-corrected chi connectivity index (χ3v) is 3.56. The highest BCUT2D eigenvalue weighted by Crippen LogP contribution is 2.25. The lowest BCUT2D eigenvalue weighted by molar-refractivity contribution is -0.274. The molecule has 1 N–H and O–H groups in total. The van der Waals surface area contributed by atoms with Crippen molar-refractivity contribution in [2.75, 3.05) is 0 Å². The molecule has 0 spiro atoms. The molecule has 2 aromatic carbocycles. The first kappa shape index (κ1) is 16.1. The molecule has 0 saturated heterocycles. The fourth-order valence-electron chi connectivity index (χ4n) is 1.85. The summed E-state index contributed by atoms with van der Waals surface area (Å²) in [4.78, 5) is 0. The lowest BCUT2D eigenvalue weighted by atomic mass is 10.0. The predicted molar refractivity (Wildman–Crippen MR) is 80.9 cm³/mol. The lowest BCUT2D eigenvalue weighted by Gasteiger charge is -2.13. The molecule has 0 saturated carbocycles. The van der Waals surface area contributed by atoms with E-state index in [-0.39, 0.29) is 5.75 Å². The Kier molecular flexibility index (Phi) is 5.10. The van der Waals surface area contributed by atoms with E-state index in [0.717, 1.165) is 9.13 Å². The minimum absolute atomic E-state index is 0.298. The molecule has 0 aromatic heterocycles. The molecular weight excluding hydrogens is 396 g/mol. The third kappa shape index (κ3) is 5.20. The first-order chi connectivity index (χ1) is 9.83. The van der Waals surface area contributed by atoms with E-state index in [9.17, 15) is 18.3 Å². The summed E-state index contributed by atoms with van der Waals surface area (Å²) in [7, 11) is 0. The Balaban J connectivity index is 2.02. The lowest BCUT2D eigenvalue weighted by Crippen LogP contribution is -2.17. The number of aliphatic hydroxyl groups excluding tert-OH is 1. The van der Waals surface area contributed by atoms with Crippen LogP contribution in [0.25, 0.3) is 0 Å². The van der Waals surface area contributed by atoms with Gasteiger partial charge in [-0.15, -0.1) is 13.2 Å². The predicted octanol–water partition coefficient (Wildman–Crippen LogP) is 4.47. The van der Waals surface area contributed by atoms with Gasteiger partial charge in [0.15, 0.2) is 0 Å². The van der Waals surface area contributed by atoms with E-state index in [1.807, 2.05) is 24.3 Å². The molecule has 0 amide bonds. The normalized spacial score (nSPS) is 13.0. The summed E-state index contributed by atoms with van der Waals surface area (Å²) in [5.41, 5.74) is 1.50. The maximum absolute atomic E-state index is 12.0. The van der Waals surface area contributed by atoms with Crippen molar-refractivity contribution < 1.29 is 23.0 Å². The van der Waals surface area contributed by atoms with Crippen molar-refractivity contribution in [3.63, 3.8) is 0 Å². The van der Waals surface area contributed by atoms with Crippen molar-refractivity contribution >= 4 is 22.6 Å². The monoisotopic (exact) mass is 408 g/mol. The first-order valence-electron chi connectivity index (χ1n) is 6.12. The van der Waals surface area contributed by atoms with Crippen LogP contribution in [0, 0.1) is 3.57 Å². The van der Waals surface area contributed by atoms with Gasteiger partial charge >= 0.3 is 6.36 Å². The Morgan fingerprint density at radius 2 is 1.57 bits per heavy atom. The second-order valence-electron chi connectivity index (χ2n) is 4.46. The summed E-state index contributed by atoms with van der Waals surface area (Å²) >= 11 is 2.19. The van der Waals surface area contributed by atoms with Crippen molar-refractivity contribution in [1.82, 2.24) is 0 Å². The van der Waals surface area contributed by atoms with Crippen LogP contribution in [0.15, 0.2) is 48.5 Å². The molecule has 112 valence electrons. The second-order valence-corrected chi connectivity index (χ2v) is 5.71. The molecular formula is C15H12F3IO2. The van der Waals surface area contributed by atoms with Crippen LogP contribution in [0.2, 0.25) is 0 Å². The molecule has 1 atom stereocenters. The molecule has 0 fully saturated rings. The van der Waals surface area contributed by atoms with Gasteiger partial charge in [-0.05, 0) is 58.0 Å². The van der Waals surface area contributed by atoms with E-state index in [1.165, 1.54) is 24.3 Å². The van der Waals surface area contributed by atoms with Crippen molar-refractivity contribution in [2.24, 2.45) is 0 Å². The molecule has 2 nitrogen and oxygen atoms in total. The molecule has 2 rings (SSSR count). The van der Waals surface area contributed by atoms with Gasteiger partial charge < -0.3 is 9.84 Å². The van der Waals surface area contributed by atoms with E-state index in [1.54, 1.807) is 0 Å². The number of rotatable bonds is 4. The third-order valence-electron chi connectivity index (χ3n) is 2.84. The van der Waals surface area contributed by atoms with Crippen LogP contribution in [0.1, 0.15) is 17.2 Å². The van der Waals surface area contributed by atoms with Gasteiger partial charge in [-0.2, -0.15) is 0 Å². The Morgan fingerprint density at radius 3 is 2.10 bits per heavy atom. The van der Waals surface area contributed by atoms with Crippen LogP contribution in [0.3, 0.4) is 0 Å². The minimum atomic E-state index is -4.71. The van der Waals surface area contributed by atoms with Crippen LogP contribution in [-0.2, 0) is 6.42 Å². The summed E-state index contributed by atoms with van der Waals surface area (Å²) < 4.78 is 41.0. The van der Waals surface area contributed by atoms with Gasteiger partial charge in [-0.1, -0.05) is 24.3 Å². The van der Waals surface area contributed by atoms with Crippen LogP contribution >= 0.6 is 22.6 Å². The molecule has 0 aliphatic carbocycles. The quantitative estimate of drug-likeness (QED) is 0.757. The van der Waals surface area contributed by atoms with E-state index in [0.29, 0.717) is 12.0 Å². The van der Waals surface area contributed by atoms with Crippen molar-refractivity contribution in [1.29, 1.82) is 0 Å². The SMILES string of the molecule is OC(Cc1ccc(I)cc1)c1ccc(OC(F)(F)F)cc1. The highest BCUT2D eigenvalue weighted by Gasteiger charge is 2.31. The van der Waals surface area contributed by atoms with Gasteiger partial charge in [0.25, 0.3) is 0 Å². The zero-order valence-electron chi connectivity index (χ0n) is 10.8. The number of benzene rings is 2. The van der Waals surface area contributed by atoms with Gasteiger partial charge in [-0.3, -0.25) is 0 Å². The largest absolute Gasteiger partial charge is 0.573 e. The highest BCUT2D eigenvalue weighted by atomic mass is 127. The molecule has 21 heavy (non-hydrogen) atoms. The van der Waals surface area contributed by atoms with Crippen LogP contribution in [-0.4, -0.2) is 11.5 Å². The Morgan fingerprint density at radius 1 is 1.00 bits per heavy atom. The zero-order chi connectivity index (χ0) is 15.5. The maximum Gasteiger partial charge on any atom is 0.573 e. The summed E-state index contributed by atoms with van der Waals surface area (Å²) in [5, 5.41) is 10.1. The van der Waals surface area contributed by atoms with E-state index >= 15 is 0 Å². The standard InChI is InChI=1S/C15H12F3IO2/c16-15(17,18)21-13-7-3-11(4-8-13)14(20)9-10-1-5-12(19)6-2-10/h1-8,14,20H,9H2. The Labute approximate surface area is 133 Å². The summed E-state index contributed by atoms with van der Waals surface area (Å²) in [5.74, 6) is -0.298. The number of ether oxygens (including phenoxy) is 1. The summed E-state index contributed by atoms with van der Waals surface area (Å²) in [6.45, 7) is 0. The van der Waals surface area contributed by atoms with Crippen molar-refractivity contribution in [3.8, 4) is 5.75 Å². The molecule has 0 bridgehead atoms. The van der Waals surface area contributed by atoms with Crippen LogP contribution in [0.4, 0.5) is 13.2 Å². The minimum Gasteiger partial charge on any atom is -0.406 e. The van der Waals surface area contributed by atoms with Gasteiger partial charge in [-0.25, -0.2) is 0 Å². The van der Waals surface area contributed by atoms with E-state index < -0.39 is 12.5 Å². The molecule has 0 aliphatic heterocycles. The highest BCUT2D eigenvalue weighted by molar-refractivity contribution is 14.1. The average molecular weight is 408 g/mol. The van der Waals surface area contributed by atoms with E-state index in [4.69, 9.17) is 0 Å². The van der Waals surface area contributed by atoms with Crippen molar-refractivity contribution in [2.45, 2.75) is 18.9 Å². The molecule has 2 aromatic rings. The summed E-state index contributed by atoms with van der Waals surface area (Å²) in [6.07, 6.45) is -5.08. The van der Waals surface area contributed by atoms with Gasteiger partial charge in [0.1, 0.15) is 5.75 Å². The smallest absolute Gasteiger partial charge is 0.406 e. The number of alkyl halides is 3.